The Labute approximate surface area is 133 Å². The zero-order chi connectivity index (χ0) is 16.1. The molecule has 0 atom stereocenters. The summed E-state index contributed by atoms with van der Waals surface area (Å²) in [6.07, 6.45) is 4.82. The zero-order valence-corrected chi connectivity index (χ0v) is 12.1. The van der Waals surface area contributed by atoms with Gasteiger partial charge >= 0.3 is 0 Å². The van der Waals surface area contributed by atoms with Gasteiger partial charge in [0.05, 0.1) is 6.20 Å². The summed E-state index contributed by atoms with van der Waals surface area (Å²) >= 11 is 0. The molecule has 0 aliphatic heterocycles. The molecule has 0 aliphatic rings. The Hall–Kier alpha value is -3.41. The smallest absolute Gasteiger partial charge is 0.256 e. The molecule has 1 amide bonds. The first-order chi connectivity index (χ1) is 11.2. The minimum absolute atomic E-state index is 0.289. The van der Waals surface area contributed by atoms with E-state index in [2.05, 4.69) is 15.3 Å². The number of amides is 1. The molecule has 3 aromatic rings. The molecule has 0 spiro atoms. The zero-order valence-electron chi connectivity index (χ0n) is 12.1. The number of carbonyl (C=O) groups excluding carboxylic acids is 1. The molecule has 23 heavy (non-hydrogen) atoms. The van der Waals surface area contributed by atoms with Crippen molar-refractivity contribution >= 4 is 17.4 Å². The summed E-state index contributed by atoms with van der Waals surface area (Å²) in [7, 11) is 0. The summed E-state index contributed by atoms with van der Waals surface area (Å²) in [5.74, 6) is 1.25. The van der Waals surface area contributed by atoms with Crippen molar-refractivity contribution in [2.75, 3.05) is 11.1 Å². The maximum absolute atomic E-state index is 12.2. The van der Waals surface area contributed by atoms with Gasteiger partial charge in [0.25, 0.3) is 5.91 Å². The average Bonchev–Trinajstić information content (AvgIpc) is 2.56. The van der Waals surface area contributed by atoms with E-state index in [0.29, 0.717) is 28.6 Å². The molecule has 6 heteroatoms. The molecule has 2 aromatic heterocycles. The van der Waals surface area contributed by atoms with E-state index in [9.17, 15) is 4.79 Å². The molecule has 0 aliphatic carbocycles. The van der Waals surface area contributed by atoms with Crippen LogP contribution in [0.4, 0.5) is 11.5 Å². The van der Waals surface area contributed by atoms with Gasteiger partial charge in [-0.3, -0.25) is 9.78 Å². The van der Waals surface area contributed by atoms with Gasteiger partial charge in [-0.1, -0.05) is 6.07 Å². The highest BCUT2D eigenvalue weighted by molar-refractivity contribution is 6.04. The van der Waals surface area contributed by atoms with Gasteiger partial charge in [0.2, 0.25) is 0 Å². The highest BCUT2D eigenvalue weighted by atomic mass is 16.5. The molecule has 3 rings (SSSR count). The number of nitrogens with two attached hydrogens (primary N) is 1. The Morgan fingerprint density at radius 1 is 1.04 bits per heavy atom. The van der Waals surface area contributed by atoms with Crippen molar-refractivity contribution in [2.24, 2.45) is 0 Å². The van der Waals surface area contributed by atoms with Gasteiger partial charge in [0.1, 0.15) is 17.3 Å². The standard InChI is InChI=1S/C17H14N4O2/c18-13-4-1-3-12(9-13)17(22)21-16-10-14(6-8-20-16)23-15-5-2-7-19-11-15/h1-11H,18H2,(H,20,21,22). The molecule has 0 fully saturated rings. The predicted molar refractivity (Wildman–Crippen MR) is 87.4 cm³/mol. The number of carbonyl (C=O) groups is 1. The first kappa shape index (κ1) is 14.5. The van der Waals surface area contributed by atoms with Crippen molar-refractivity contribution in [3.63, 3.8) is 0 Å². The van der Waals surface area contributed by atoms with Crippen molar-refractivity contribution in [2.45, 2.75) is 0 Å². The number of pyridine rings is 2. The summed E-state index contributed by atoms with van der Waals surface area (Å²) in [6, 6.07) is 13.6. The van der Waals surface area contributed by atoms with Crippen LogP contribution in [0.3, 0.4) is 0 Å². The van der Waals surface area contributed by atoms with Crippen LogP contribution >= 0.6 is 0 Å². The third-order valence-electron chi connectivity index (χ3n) is 2.99. The van der Waals surface area contributed by atoms with Crippen molar-refractivity contribution in [1.29, 1.82) is 0 Å². The van der Waals surface area contributed by atoms with E-state index in [-0.39, 0.29) is 5.91 Å². The number of nitrogens with zero attached hydrogens (tertiary/aromatic N) is 2. The molecule has 0 saturated heterocycles. The van der Waals surface area contributed by atoms with E-state index >= 15 is 0 Å². The van der Waals surface area contributed by atoms with Gasteiger partial charge in [-0.25, -0.2) is 4.98 Å². The Morgan fingerprint density at radius 3 is 2.74 bits per heavy atom. The molecule has 3 N–H and O–H groups in total. The van der Waals surface area contributed by atoms with Crippen molar-refractivity contribution in [3.05, 3.63) is 72.7 Å². The molecular weight excluding hydrogens is 292 g/mol. The second-order valence-corrected chi connectivity index (χ2v) is 4.75. The van der Waals surface area contributed by atoms with Crippen LogP contribution in [0, 0.1) is 0 Å². The second-order valence-electron chi connectivity index (χ2n) is 4.75. The van der Waals surface area contributed by atoms with Crippen molar-refractivity contribution < 1.29 is 9.53 Å². The Balaban J connectivity index is 1.74. The first-order valence-corrected chi connectivity index (χ1v) is 6.91. The van der Waals surface area contributed by atoms with Crippen molar-refractivity contribution in [3.8, 4) is 11.5 Å². The lowest BCUT2D eigenvalue weighted by Gasteiger charge is -2.08. The first-order valence-electron chi connectivity index (χ1n) is 6.91. The third-order valence-corrected chi connectivity index (χ3v) is 2.99. The van der Waals surface area contributed by atoms with E-state index in [1.165, 1.54) is 0 Å². The number of nitrogens with one attached hydrogen (secondary N) is 1. The number of aromatic nitrogens is 2. The minimum Gasteiger partial charge on any atom is -0.456 e. The molecular formula is C17H14N4O2. The summed E-state index contributed by atoms with van der Waals surface area (Å²) in [4.78, 5) is 20.3. The monoisotopic (exact) mass is 306 g/mol. The number of anilines is 2. The number of hydrogen-bond acceptors (Lipinski definition) is 5. The predicted octanol–water partition coefficient (Wildman–Crippen LogP) is 3.10. The fourth-order valence-corrected chi connectivity index (χ4v) is 1.95. The fraction of sp³-hybridized carbons (Fsp3) is 0. The summed E-state index contributed by atoms with van der Waals surface area (Å²) < 4.78 is 5.65. The number of ether oxygens (including phenoxy) is 1. The Bertz CT molecular complexity index is 822. The lowest BCUT2D eigenvalue weighted by atomic mass is 10.2. The van der Waals surface area contributed by atoms with Gasteiger partial charge < -0.3 is 15.8 Å². The number of nitrogen functional groups attached to an aromatic ring is 1. The summed E-state index contributed by atoms with van der Waals surface area (Å²) in [6.45, 7) is 0. The summed E-state index contributed by atoms with van der Waals surface area (Å²) in [5.41, 5.74) is 6.67. The molecule has 0 saturated carbocycles. The van der Waals surface area contributed by atoms with Gasteiger partial charge in [-0.15, -0.1) is 0 Å². The van der Waals surface area contributed by atoms with Crippen LogP contribution in [0.1, 0.15) is 10.4 Å². The van der Waals surface area contributed by atoms with Gasteiger partial charge in [0.15, 0.2) is 0 Å². The SMILES string of the molecule is Nc1cccc(C(=O)Nc2cc(Oc3cccnc3)ccn2)c1. The molecule has 6 nitrogen and oxygen atoms in total. The minimum atomic E-state index is -0.289. The molecule has 0 unspecified atom stereocenters. The normalized spacial score (nSPS) is 10.1. The molecule has 2 heterocycles. The molecule has 114 valence electrons. The lowest BCUT2D eigenvalue weighted by molar-refractivity contribution is 0.102. The number of benzene rings is 1. The molecule has 0 bridgehead atoms. The molecule has 0 radical (unpaired) electrons. The van der Waals surface area contributed by atoms with Gasteiger partial charge in [-0.05, 0) is 36.4 Å². The third kappa shape index (κ3) is 3.82. The van der Waals surface area contributed by atoms with Crippen LogP contribution in [-0.2, 0) is 0 Å². The second kappa shape index (κ2) is 6.57. The van der Waals surface area contributed by atoms with E-state index in [1.807, 2.05) is 0 Å². The van der Waals surface area contributed by atoms with Crippen LogP contribution in [0.2, 0.25) is 0 Å². The topological polar surface area (TPSA) is 90.1 Å². The Kier molecular flexibility index (Phi) is 4.15. The van der Waals surface area contributed by atoms with E-state index in [4.69, 9.17) is 10.5 Å². The highest BCUT2D eigenvalue weighted by Crippen LogP contribution is 2.22. The molecule has 1 aromatic carbocycles. The van der Waals surface area contributed by atoms with Gasteiger partial charge in [-0.2, -0.15) is 0 Å². The van der Waals surface area contributed by atoms with Crippen LogP contribution in [0.5, 0.6) is 11.5 Å². The van der Waals surface area contributed by atoms with E-state index in [1.54, 1.807) is 67.1 Å². The maximum atomic E-state index is 12.2. The quantitative estimate of drug-likeness (QED) is 0.723. The number of hydrogen-bond donors (Lipinski definition) is 2. The van der Waals surface area contributed by atoms with Crippen LogP contribution < -0.4 is 15.8 Å². The largest absolute Gasteiger partial charge is 0.456 e. The van der Waals surface area contributed by atoms with Crippen LogP contribution in [0.25, 0.3) is 0 Å². The van der Waals surface area contributed by atoms with Crippen molar-refractivity contribution in [1.82, 2.24) is 9.97 Å². The fourth-order valence-electron chi connectivity index (χ4n) is 1.95. The number of rotatable bonds is 4. The Morgan fingerprint density at radius 2 is 1.96 bits per heavy atom. The van der Waals surface area contributed by atoms with Gasteiger partial charge in [0, 0.05) is 29.7 Å². The average molecular weight is 306 g/mol. The highest BCUT2D eigenvalue weighted by Gasteiger charge is 2.08. The summed E-state index contributed by atoms with van der Waals surface area (Å²) in [5, 5.41) is 2.71. The van der Waals surface area contributed by atoms with Crippen LogP contribution in [0.15, 0.2) is 67.1 Å². The maximum Gasteiger partial charge on any atom is 0.256 e. The van der Waals surface area contributed by atoms with E-state index < -0.39 is 0 Å². The van der Waals surface area contributed by atoms with Crippen LogP contribution in [-0.4, -0.2) is 15.9 Å². The lowest BCUT2D eigenvalue weighted by Crippen LogP contribution is -2.13. The van der Waals surface area contributed by atoms with E-state index in [0.717, 1.165) is 0 Å².